The first-order chi connectivity index (χ1) is 14.5. The van der Waals surface area contributed by atoms with Gasteiger partial charge in [-0.1, -0.05) is 20.3 Å². The lowest BCUT2D eigenvalue weighted by molar-refractivity contribution is -0.143. The smallest absolute Gasteiger partial charge is 0.326 e. The highest BCUT2D eigenvalue weighted by Crippen LogP contribution is 2.09. The summed E-state index contributed by atoms with van der Waals surface area (Å²) in [5.41, 5.74) is 5.43. The molecule has 0 fully saturated rings. The van der Waals surface area contributed by atoms with Crippen LogP contribution < -0.4 is 21.7 Å². The third-order valence-corrected chi connectivity index (χ3v) is 5.21. The molecule has 5 unspecified atom stereocenters. The Labute approximate surface area is 184 Å². The van der Waals surface area contributed by atoms with Crippen molar-refractivity contribution in [3.05, 3.63) is 0 Å². The number of carboxylic acid groups (broad SMARTS) is 2. The maximum Gasteiger partial charge on any atom is 0.326 e. The van der Waals surface area contributed by atoms with E-state index in [4.69, 9.17) is 10.8 Å². The summed E-state index contributed by atoms with van der Waals surface area (Å²) in [4.78, 5) is 59.2. The zero-order chi connectivity index (χ0) is 24.1. The first-order valence-corrected chi connectivity index (χ1v) is 11.1. The van der Waals surface area contributed by atoms with Crippen LogP contribution in [0.3, 0.4) is 0 Å². The molecule has 0 spiro atoms. The Kier molecular flexibility index (Phi) is 13.5. The van der Waals surface area contributed by atoms with Gasteiger partial charge in [0.25, 0.3) is 0 Å². The van der Waals surface area contributed by atoms with E-state index in [1.807, 2.05) is 0 Å². The fraction of sp³-hybridized carbons (Fsp3) is 0.722. The van der Waals surface area contributed by atoms with Gasteiger partial charge in [-0.25, -0.2) is 4.79 Å². The number of nitrogens with two attached hydrogens (primary N) is 1. The van der Waals surface area contributed by atoms with E-state index in [9.17, 15) is 34.2 Å². The van der Waals surface area contributed by atoms with Crippen molar-refractivity contribution in [2.75, 3.05) is 18.6 Å². The predicted molar refractivity (Wildman–Crippen MR) is 113 cm³/mol. The molecule has 8 N–H and O–H groups in total. The number of thioether (sulfide) groups is 1. The average molecular weight is 465 g/mol. The van der Waals surface area contributed by atoms with Crippen LogP contribution in [0, 0.1) is 5.92 Å². The molecule has 0 aliphatic carbocycles. The summed E-state index contributed by atoms with van der Waals surface area (Å²) in [6.07, 6.45) is 1.80. The highest BCUT2D eigenvalue weighted by Gasteiger charge is 2.31. The molecule has 31 heavy (non-hydrogen) atoms. The second kappa shape index (κ2) is 14.6. The zero-order valence-corrected chi connectivity index (χ0v) is 18.6. The van der Waals surface area contributed by atoms with Gasteiger partial charge in [0, 0.05) is 0 Å². The van der Waals surface area contributed by atoms with E-state index in [1.165, 1.54) is 11.8 Å². The van der Waals surface area contributed by atoms with Crippen molar-refractivity contribution in [2.45, 2.75) is 57.3 Å². The average Bonchev–Trinajstić information content (AvgIpc) is 2.71. The van der Waals surface area contributed by atoms with Gasteiger partial charge in [-0.15, -0.1) is 0 Å². The number of hydrogen-bond acceptors (Lipinski definition) is 8. The SMILES string of the molecule is CCC(C)C(NC(=O)C(CCSC)NC(=O)C(CO)NC(=O)C(N)CC(=O)O)C(=O)O. The standard InChI is InChI=1S/C18H32N4O8S/c1-4-9(2)14(18(29)30)22-16(27)11(5-6-31-3)20-17(28)12(8-23)21-15(26)10(19)7-13(24)25/h9-12,14,23H,4-8,19H2,1-3H3,(H,20,28)(H,21,26)(H,22,27)(H,24,25)(H,29,30). The van der Waals surface area contributed by atoms with Gasteiger partial charge in [-0.05, 0) is 24.3 Å². The van der Waals surface area contributed by atoms with Gasteiger partial charge in [0.1, 0.15) is 18.1 Å². The number of amides is 3. The van der Waals surface area contributed by atoms with Crippen LogP contribution in [0.2, 0.25) is 0 Å². The minimum Gasteiger partial charge on any atom is -0.481 e. The summed E-state index contributed by atoms with van der Waals surface area (Å²) in [5, 5.41) is 34.5. The molecule has 0 aliphatic heterocycles. The van der Waals surface area contributed by atoms with Gasteiger partial charge in [-0.3, -0.25) is 19.2 Å². The van der Waals surface area contributed by atoms with E-state index in [1.54, 1.807) is 20.1 Å². The molecule has 0 saturated heterocycles. The number of carbonyl (C=O) groups is 5. The molecular formula is C18H32N4O8S. The van der Waals surface area contributed by atoms with Crippen LogP contribution in [0.1, 0.15) is 33.1 Å². The van der Waals surface area contributed by atoms with Gasteiger partial charge in [-0.2, -0.15) is 11.8 Å². The molecule has 0 aromatic rings. The van der Waals surface area contributed by atoms with Crippen molar-refractivity contribution in [3.63, 3.8) is 0 Å². The normalized spacial score (nSPS) is 15.6. The molecule has 3 amide bonds. The van der Waals surface area contributed by atoms with Gasteiger partial charge in [0.05, 0.1) is 19.1 Å². The van der Waals surface area contributed by atoms with Gasteiger partial charge in [0.2, 0.25) is 17.7 Å². The summed E-state index contributed by atoms with van der Waals surface area (Å²) in [6.45, 7) is 2.63. The Morgan fingerprint density at radius 1 is 0.968 bits per heavy atom. The Bertz CT molecular complexity index is 648. The first kappa shape index (κ1) is 28.6. The monoisotopic (exact) mass is 464 g/mol. The highest BCUT2D eigenvalue weighted by atomic mass is 32.2. The van der Waals surface area contributed by atoms with Crippen LogP contribution in [0.5, 0.6) is 0 Å². The molecule has 13 heteroatoms. The zero-order valence-electron chi connectivity index (χ0n) is 17.8. The quantitative estimate of drug-likeness (QED) is 0.143. The molecule has 12 nitrogen and oxygen atoms in total. The molecule has 0 saturated carbocycles. The van der Waals surface area contributed by atoms with Gasteiger partial charge in [0.15, 0.2) is 0 Å². The molecule has 0 heterocycles. The fourth-order valence-corrected chi connectivity index (χ4v) is 2.94. The van der Waals surface area contributed by atoms with E-state index in [2.05, 4.69) is 16.0 Å². The third kappa shape index (κ3) is 10.5. The van der Waals surface area contributed by atoms with E-state index in [-0.39, 0.29) is 12.3 Å². The van der Waals surface area contributed by atoms with Crippen LogP contribution in [0.25, 0.3) is 0 Å². The van der Waals surface area contributed by atoms with E-state index >= 15 is 0 Å². The minimum atomic E-state index is -1.47. The molecule has 5 atom stereocenters. The second-order valence-corrected chi connectivity index (χ2v) is 7.99. The predicted octanol–water partition coefficient (Wildman–Crippen LogP) is -1.88. The lowest BCUT2D eigenvalue weighted by Gasteiger charge is -2.26. The number of carboxylic acids is 2. The Morgan fingerprint density at radius 3 is 1.97 bits per heavy atom. The molecule has 178 valence electrons. The molecule has 0 rings (SSSR count). The van der Waals surface area contributed by atoms with Crippen LogP contribution in [0.4, 0.5) is 0 Å². The maximum absolute atomic E-state index is 12.6. The number of hydrogen-bond donors (Lipinski definition) is 7. The molecular weight excluding hydrogens is 432 g/mol. The summed E-state index contributed by atoms with van der Waals surface area (Å²) in [6, 6.07) is -5.15. The number of aliphatic carboxylic acids is 2. The number of nitrogens with one attached hydrogen (secondary N) is 3. The number of rotatable bonds is 15. The summed E-state index contributed by atoms with van der Waals surface area (Å²) < 4.78 is 0. The van der Waals surface area contributed by atoms with Gasteiger partial charge >= 0.3 is 11.9 Å². The number of carbonyl (C=O) groups excluding carboxylic acids is 3. The maximum atomic E-state index is 12.6. The fourth-order valence-electron chi connectivity index (χ4n) is 2.47. The minimum absolute atomic E-state index is 0.177. The van der Waals surface area contributed by atoms with Crippen molar-refractivity contribution >= 4 is 41.4 Å². The lowest BCUT2D eigenvalue weighted by Crippen LogP contribution is -2.58. The van der Waals surface area contributed by atoms with Gasteiger partial charge < -0.3 is 37.0 Å². The van der Waals surface area contributed by atoms with E-state index in [0.717, 1.165) is 0 Å². The van der Waals surface area contributed by atoms with Crippen LogP contribution in [-0.2, 0) is 24.0 Å². The van der Waals surface area contributed by atoms with Crippen molar-refractivity contribution in [1.82, 2.24) is 16.0 Å². The molecule has 0 radical (unpaired) electrons. The molecule has 0 aromatic heterocycles. The highest BCUT2D eigenvalue weighted by molar-refractivity contribution is 7.98. The summed E-state index contributed by atoms with van der Waals surface area (Å²) >= 11 is 1.41. The van der Waals surface area contributed by atoms with E-state index < -0.39 is 66.9 Å². The van der Waals surface area contributed by atoms with Crippen LogP contribution >= 0.6 is 11.8 Å². The number of aliphatic hydroxyl groups excluding tert-OH is 1. The summed E-state index contributed by atoms with van der Waals surface area (Å²) in [5.74, 6) is -4.95. The van der Waals surface area contributed by atoms with Crippen molar-refractivity contribution in [1.29, 1.82) is 0 Å². The van der Waals surface area contributed by atoms with Crippen molar-refractivity contribution < 1.29 is 39.3 Å². The summed E-state index contributed by atoms with van der Waals surface area (Å²) in [7, 11) is 0. The lowest BCUT2D eigenvalue weighted by atomic mass is 9.98. The van der Waals surface area contributed by atoms with Crippen molar-refractivity contribution in [3.8, 4) is 0 Å². The van der Waals surface area contributed by atoms with Crippen LogP contribution in [0.15, 0.2) is 0 Å². The van der Waals surface area contributed by atoms with E-state index in [0.29, 0.717) is 12.2 Å². The second-order valence-electron chi connectivity index (χ2n) is 7.00. The van der Waals surface area contributed by atoms with Crippen molar-refractivity contribution in [2.24, 2.45) is 11.7 Å². The third-order valence-electron chi connectivity index (χ3n) is 4.57. The largest absolute Gasteiger partial charge is 0.481 e. The Balaban J connectivity index is 5.27. The topological polar surface area (TPSA) is 208 Å². The number of aliphatic hydroxyl groups is 1. The molecule has 0 aliphatic rings. The first-order valence-electron chi connectivity index (χ1n) is 9.69. The molecule has 0 bridgehead atoms. The Hall–Kier alpha value is -2.38. The van der Waals surface area contributed by atoms with Crippen LogP contribution in [-0.4, -0.2) is 87.8 Å². The Morgan fingerprint density at radius 2 is 1.52 bits per heavy atom. The molecule has 0 aromatic carbocycles.